The minimum absolute atomic E-state index is 0.0944. The summed E-state index contributed by atoms with van der Waals surface area (Å²) in [5, 5.41) is 3.02. The lowest BCUT2D eigenvalue weighted by molar-refractivity contribution is 0.0949. The minimum atomic E-state index is -0.0944. The molecular weight excluding hydrogens is 386 g/mol. The van der Waals surface area contributed by atoms with Crippen molar-refractivity contribution in [3.05, 3.63) is 94.8 Å². The van der Waals surface area contributed by atoms with Crippen LogP contribution in [-0.4, -0.2) is 22.1 Å². The lowest BCUT2D eigenvalue weighted by Crippen LogP contribution is -2.26. The van der Waals surface area contributed by atoms with Gasteiger partial charge in [-0.25, -0.2) is 4.98 Å². The number of aromatic nitrogens is 2. The van der Waals surface area contributed by atoms with E-state index in [4.69, 9.17) is 9.72 Å². The average molecular weight is 414 g/mol. The monoisotopic (exact) mass is 413 g/mol. The number of carbonyl (C=O) groups excluding carboxylic acids is 1. The molecule has 1 heterocycles. The lowest BCUT2D eigenvalue weighted by atomic mass is 10.1. The topological polar surface area (TPSA) is 56.1 Å². The van der Waals surface area contributed by atoms with Gasteiger partial charge >= 0.3 is 0 Å². The highest BCUT2D eigenvalue weighted by molar-refractivity contribution is 5.95. The number of hydrogen-bond donors (Lipinski definition) is 1. The molecule has 1 aromatic heterocycles. The molecule has 5 heteroatoms. The van der Waals surface area contributed by atoms with Crippen LogP contribution in [0.15, 0.2) is 66.7 Å². The number of benzene rings is 3. The van der Waals surface area contributed by atoms with Crippen molar-refractivity contribution >= 4 is 16.9 Å². The van der Waals surface area contributed by atoms with Crippen molar-refractivity contribution in [2.24, 2.45) is 0 Å². The highest BCUT2D eigenvalue weighted by atomic mass is 16.5. The Bertz CT molecular complexity index is 1230. The zero-order chi connectivity index (χ0) is 21.8. The summed E-state index contributed by atoms with van der Waals surface area (Å²) in [5.74, 6) is 1.58. The van der Waals surface area contributed by atoms with Crippen molar-refractivity contribution in [3.63, 3.8) is 0 Å². The van der Waals surface area contributed by atoms with Crippen LogP contribution < -0.4 is 10.1 Å². The fourth-order valence-corrected chi connectivity index (χ4v) is 3.65. The molecule has 0 unspecified atom stereocenters. The number of carbonyl (C=O) groups is 1. The molecule has 0 saturated heterocycles. The molecule has 0 atom stereocenters. The third-order valence-electron chi connectivity index (χ3n) is 5.59. The predicted molar refractivity (Wildman–Crippen MR) is 123 cm³/mol. The van der Waals surface area contributed by atoms with Crippen LogP contribution in [0, 0.1) is 20.8 Å². The maximum atomic E-state index is 12.7. The normalized spacial score (nSPS) is 10.9. The van der Waals surface area contributed by atoms with Crippen LogP contribution in [-0.2, 0) is 13.1 Å². The standard InChI is InChI=1S/C26H27N3O2/c1-18-12-13-21(16-20(18)3)31-15-14-29-24-11-7-6-10-23(24)28-25(29)17-27-26(30)22-9-5-4-8-19(22)2/h4-13,16H,14-15,17H2,1-3H3,(H,27,30). The minimum Gasteiger partial charge on any atom is -0.492 e. The first-order chi connectivity index (χ1) is 15.0. The van der Waals surface area contributed by atoms with Gasteiger partial charge in [-0.3, -0.25) is 4.79 Å². The fourth-order valence-electron chi connectivity index (χ4n) is 3.65. The molecule has 4 rings (SSSR count). The Morgan fingerprint density at radius 3 is 2.52 bits per heavy atom. The zero-order valence-electron chi connectivity index (χ0n) is 18.2. The van der Waals surface area contributed by atoms with E-state index in [1.54, 1.807) is 0 Å². The second kappa shape index (κ2) is 9.04. The van der Waals surface area contributed by atoms with E-state index < -0.39 is 0 Å². The summed E-state index contributed by atoms with van der Waals surface area (Å²) in [6, 6.07) is 21.7. The first kappa shape index (κ1) is 20.7. The van der Waals surface area contributed by atoms with Gasteiger partial charge in [0.1, 0.15) is 18.2 Å². The number of aryl methyl sites for hydroxylation is 3. The fraction of sp³-hybridized carbons (Fsp3) is 0.231. The molecule has 3 aromatic carbocycles. The smallest absolute Gasteiger partial charge is 0.251 e. The van der Waals surface area contributed by atoms with Gasteiger partial charge in [-0.1, -0.05) is 36.4 Å². The SMILES string of the molecule is Cc1ccc(OCCn2c(CNC(=O)c3ccccc3C)nc3ccccc32)cc1C. The molecule has 0 saturated carbocycles. The van der Waals surface area contributed by atoms with Crippen LogP contribution in [0.3, 0.4) is 0 Å². The van der Waals surface area contributed by atoms with Crippen molar-refractivity contribution in [2.45, 2.75) is 33.9 Å². The molecule has 0 aliphatic heterocycles. The molecule has 0 radical (unpaired) electrons. The first-order valence-corrected chi connectivity index (χ1v) is 10.5. The van der Waals surface area contributed by atoms with E-state index in [-0.39, 0.29) is 5.91 Å². The third-order valence-corrected chi connectivity index (χ3v) is 5.59. The summed E-state index contributed by atoms with van der Waals surface area (Å²) in [5.41, 5.74) is 6.04. The number of hydrogen-bond acceptors (Lipinski definition) is 3. The predicted octanol–water partition coefficient (Wildman–Crippen LogP) is 4.97. The number of nitrogens with one attached hydrogen (secondary N) is 1. The van der Waals surface area contributed by atoms with Crippen LogP contribution in [0.5, 0.6) is 5.75 Å². The number of ether oxygens (including phenoxy) is 1. The van der Waals surface area contributed by atoms with Crippen molar-refractivity contribution in [1.82, 2.24) is 14.9 Å². The van der Waals surface area contributed by atoms with Crippen molar-refractivity contribution < 1.29 is 9.53 Å². The molecular formula is C26H27N3O2. The summed E-state index contributed by atoms with van der Waals surface area (Å²) in [6.07, 6.45) is 0. The molecule has 1 amide bonds. The van der Waals surface area contributed by atoms with E-state index >= 15 is 0 Å². The van der Waals surface area contributed by atoms with Gasteiger partial charge in [0.05, 0.1) is 24.1 Å². The maximum absolute atomic E-state index is 12.7. The Labute approximate surface area is 182 Å². The number of imidazole rings is 1. The summed E-state index contributed by atoms with van der Waals surface area (Å²) in [7, 11) is 0. The molecule has 5 nitrogen and oxygen atoms in total. The summed E-state index contributed by atoms with van der Waals surface area (Å²) >= 11 is 0. The number of amides is 1. The van der Waals surface area contributed by atoms with Crippen LogP contribution in [0.2, 0.25) is 0 Å². The molecule has 4 aromatic rings. The molecule has 31 heavy (non-hydrogen) atoms. The second-order valence-electron chi connectivity index (χ2n) is 7.76. The zero-order valence-corrected chi connectivity index (χ0v) is 18.2. The number of fused-ring (bicyclic) bond motifs is 1. The van der Waals surface area contributed by atoms with Gasteiger partial charge in [0, 0.05) is 5.56 Å². The molecule has 0 aliphatic rings. The van der Waals surface area contributed by atoms with E-state index in [0.29, 0.717) is 25.3 Å². The average Bonchev–Trinajstić information content (AvgIpc) is 3.12. The summed E-state index contributed by atoms with van der Waals surface area (Å²) in [6.45, 7) is 7.62. The molecule has 0 bridgehead atoms. The van der Waals surface area contributed by atoms with Crippen LogP contribution in [0.4, 0.5) is 0 Å². The largest absolute Gasteiger partial charge is 0.492 e. The van der Waals surface area contributed by atoms with Crippen molar-refractivity contribution in [1.29, 1.82) is 0 Å². The summed E-state index contributed by atoms with van der Waals surface area (Å²) < 4.78 is 8.11. The van der Waals surface area contributed by atoms with Crippen LogP contribution >= 0.6 is 0 Å². The summed E-state index contributed by atoms with van der Waals surface area (Å²) in [4.78, 5) is 17.4. The highest BCUT2D eigenvalue weighted by Crippen LogP contribution is 2.19. The van der Waals surface area contributed by atoms with Gasteiger partial charge in [-0.15, -0.1) is 0 Å². The van der Waals surface area contributed by atoms with Crippen LogP contribution in [0.1, 0.15) is 32.9 Å². The molecule has 0 fully saturated rings. The van der Waals surface area contributed by atoms with Gasteiger partial charge < -0.3 is 14.6 Å². The van der Waals surface area contributed by atoms with E-state index in [0.717, 1.165) is 28.2 Å². The number of nitrogens with zero attached hydrogens (tertiary/aromatic N) is 2. The maximum Gasteiger partial charge on any atom is 0.251 e. The quantitative estimate of drug-likeness (QED) is 0.465. The van der Waals surface area contributed by atoms with Gasteiger partial charge in [0.2, 0.25) is 0 Å². The van der Waals surface area contributed by atoms with Crippen molar-refractivity contribution in [3.8, 4) is 5.75 Å². The Morgan fingerprint density at radius 2 is 1.71 bits per heavy atom. The molecule has 0 aliphatic carbocycles. The Morgan fingerprint density at radius 1 is 0.935 bits per heavy atom. The second-order valence-corrected chi connectivity index (χ2v) is 7.76. The Balaban J connectivity index is 1.49. The van der Waals surface area contributed by atoms with Gasteiger partial charge in [0.15, 0.2) is 0 Å². The Kier molecular flexibility index (Phi) is 6.03. The lowest BCUT2D eigenvalue weighted by Gasteiger charge is -2.13. The van der Waals surface area contributed by atoms with E-state index in [1.165, 1.54) is 11.1 Å². The van der Waals surface area contributed by atoms with E-state index in [1.807, 2.05) is 61.5 Å². The number of para-hydroxylation sites is 2. The van der Waals surface area contributed by atoms with Gasteiger partial charge in [0.25, 0.3) is 5.91 Å². The number of rotatable bonds is 7. The third kappa shape index (κ3) is 4.61. The Hall–Kier alpha value is -3.60. The van der Waals surface area contributed by atoms with Gasteiger partial charge in [-0.2, -0.15) is 0 Å². The van der Waals surface area contributed by atoms with E-state index in [9.17, 15) is 4.79 Å². The van der Waals surface area contributed by atoms with Crippen LogP contribution in [0.25, 0.3) is 11.0 Å². The van der Waals surface area contributed by atoms with E-state index in [2.05, 4.69) is 35.9 Å². The first-order valence-electron chi connectivity index (χ1n) is 10.5. The highest BCUT2D eigenvalue weighted by Gasteiger charge is 2.13. The molecule has 158 valence electrons. The van der Waals surface area contributed by atoms with Crippen molar-refractivity contribution in [2.75, 3.05) is 6.61 Å². The molecule has 1 N–H and O–H groups in total. The van der Waals surface area contributed by atoms with Gasteiger partial charge in [-0.05, 0) is 67.8 Å². The molecule has 0 spiro atoms.